The third-order valence-electron chi connectivity index (χ3n) is 0.297. The van der Waals surface area contributed by atoms with Crippen LogP contribution in [0.15, 0.2) is 0 Å². The summed E-state index contributed by atoms with van der Waals surface area (Å²) < 4.78 is 4.10. The molecule has 2 nitrogen and oxygen atoms in total. The van der Waals surface area contributed by atoms with Gasteiger partial charge in [-0.3, -0.25) is 0 Å². The summed E-state index contributed by atoms with van der Waals surface area (Å²) in [5.41, 5.74) is 0. The van der Waals surface area contributed by atoms with Crippen molar-refractivity contribution in [2.75, 3.05) is 7.11 Å². The van der Waals surface area contributed by atoms with Crippen LogP contribution in [0.1, 0.15) is 0 Å². The van der Waals surface area contributed by atoms with E-state index in [0.29, 0.717) is 0 Å². The molecule has 0 aliphatic carbocycles. The maximum absolute atomic E-state index is 9.80. The lowest BCUT2D eigenvalue weighted by atomic mass is 10.8. The Morgan fingerprint density at radius 3 is 2.50 bits per heavy atom. The zero-order valence-electron chi connectivity index (χ0n) is 3.30. The van der Waals surface area contributed by atoms with Crippen molar-refractivity contribution in [3.05, 3.63) is 0 Å². The number of ether oxygens (including phenoxy) is 1. The van der Waals surface area contributed by atoms with Crippen molar-refractivity contribution < 1.29 is 9.53 Å². The average molecular weight is 104 g/mol. The van der Waals surface area contributed by atoms with Crippen LogP contribution in [0.25, 0.3) is 0 Å². The molecule has 0 fully saturated rings. The lowest BCUT2D eigenvalue weighted by molar-refractivity contribution is -0.131. The number of methoxy groups -OCH3 is 1. The van der Waals surface area contributed by atoms with Crippen LogP contribution in [0.5, 0.6) is 0 Å². The molecule has 0 atom stereocenters. The van der Waals surface area contributed by atoms with Crippen molar-refractivity contribution in [1.82, 2.24) is 0 Å². The highest BCUT2D eigenvalue weighted by molar-refractivity contribution is 7.80. The largest absolute Gasteiger partial charge is 0.465 e. The van der Waals surface area contributed by atoms with Gasteiger partial charge in [-0.05, 0) is 0 Å². The molecule has 0 saturated heterocycles. The molecule has 0 N–H and O–H groups in total. The Morgan fingerprint density at radius 2 is 2.50 bits per heavy atom. The number of thiocarbonyl (C=S) groups is 1. The van der Waals surface area contributed by atoms with Gasteiger partial charge in [-0.25, -0.2) is 4.79 Å². The van der Waals surface area contributed by atoms with Gasteiger partial charge in [-0.15, -0.1) is 0 Å². The summed E-state index contributed by atoms with van der Waals surface area (Å²) in [6.07, 6.45) is 0. The van der Waals surface area contributed by atoms with Crippen LogP contribution in [-0.2, 0) is 9.53 Å². The van der Waals surface area contributed by atoms with Crippen LogP contribution in [0, 0.1) is 0 Å². The van der Waals surface area contributed by atoms with Crippen molar-refractivity contribution in [3.8, 4) is 0 Å². The standard InChI is InChI=1S/C3H4O2S/c1-5-3(4)2-6/h2H,1H3. The first-order valence-corrected chi connectivity index (χ1v) is 1.81. The van der Waals surface area contributed by atoms with Gasteiger partial charge in [-0.2, -0.15) is 0 Å². The van der Waals surface area contributed by atoms with Crippen molar-refractivity contribution in [2.24, 2.45) is 0 Å². The molecule has 0 aromatic rings. The quantitative estimate of drug-likeness (QED) is 0.350. The molecule has 0 bridgehead atoms. The van der Waals surface area contributed by atoms with Crippen LogP contribution in [0.4, 0.5) is 0 Å². The lowest BCUT2D eigenvalue weighted by Crippen LogP contribution is -1.97. The van der Waals surface area contributed by atoms with Gasteiger partial charge >= 0.3 is 5.97 Å². The van der Waals surface area contributed by atoms with E-state index >= 15 is 0 Å². The van der Waals surface area contributed by atoms with E-state index < -0.39 is 5.97 Å². The first-order chi connectivity index (χ1) is 2.81. The molecule has 0 heterocycles. The Hall–Kier alpha value is -0.440. The SMILES string of the molecule is COC(=O)C=S. The highest BCUT2D eigenvalue weighted by Gasteiger charge is 1.84. The minimum absolute atomic E-state index is 0.468. The smallest absolute Gasteiger partial charge is 0.341 e. The third kappa shape index (κ3) is 1.84. The molecule has 0 unspecified atom stereocenters. The Balaban J connectivity index is 3.23. The number of esters is 1. The highest BCUT2D eigenvalue weighted by Crippen LogP contribution is 1.62. The molecule has 0 aromatic heterocycles. The van der Waals surface area contributed by atoms with Crippen molar-refractivity contribution >= 4 is 23.6 Å². The van der Waals surface area contributed by atoms with E-state index in [1.54, 1.807) is 0 Å². The first kappa shape index (κ1) is 5.56. The lowest BCUT2D eigenvalue weighted by Gasteiger charge is -1.81. The Labute approximate surface area is 41.1 Å². The van der Waals surface area contributed by atoms with Crippen LogP contribution in [-0.4, -0.2) is 18.4 Å². The molecular formula is C3H4O2S. The minimum Gasteiger partial charge on any atom is -0.465 e. The molecular weight excluding hydrogens is 100 g/mol. The molecule has 0 saturated carbocycles. The maximum Gasteiger partial charge on any atom is 0.341 e. The van der Waals surface area contributed by atoms with Crippen LogP contribution < -0.4 is 0 Å². The highest BCUT2D eigenvalue weighted by atomic mass is 32.1. The predicted octanol–water partition coefficient (Wildman–Crippen LogP) is 0.159. The zero-order valence-corrected chi connectivity index (χ0v) is 4.12. The average Bonchev–Trinajstić information content (AvgIpc) is 1.65. The van der Waals surface area contributed by atoms with E-state index in [1.807, 2.05) is 0 Å². The summed E-state index contributed by atoms with van der Waals surface area (Å²) in [6, 6.07) is 0. The molecule has 6 heavy (non-hydrogen) atoms. The Morgan fingerprint density at radius 1 is 2.00 bits per heavy atom. The van der Waals surface area contributed by atoms with Gasteiger partial charge in [0.25, 0.3) is 0 Å². The minimum atomic E-state index is -0.468. The molecule has 0 amide bonds. The Kier molecular flexibility index (Phi) is 2.58. The second-order valence-corrected chi connectivity index (χ2v) is 0.877. The van der Waals surface area contributed by atoms with E-state index in [9.17, 15) is 4.79 Å². The fraction of sp³-hybridized carbons (Fsp3) is 0.333. The van der Waals surface area contributed by atoms with Gasteiger partial charge in [0.2, 0.25) is 0 Å². The summed E-state index contributed by atoms with van der Waals surface area (Å²) in [5.74, 6) is -0.468. The zero-order chi connectivity index (χ0) is 4.99. The van der Waals surface area contributed by atoms with E-state index in [2.05, 4.69) is 17.0 Å². The van der Waals surface area contributed by atoms with Gasteiger partial charge < -0.3 is 4.74 Å². The number of carbonyl (C=O) groups is 1. The van der Waals surface area contributed by atoms with Crippen molar-refractivity contribution in [2.45, 2.75) is 0 Å². The number of hydrogen-bond acceptors (Lipinski definition) is 3. The van der Waals surface area contributed by atoms with Gasteiger partial charge in [-0.1, -0.05) is 12.2 Å². The normalized spacial score (nSPS) is 6.83. The van der Waals surface area contributed by atoms with Crippen molar-refractivity contribution in [1.29, 1.82) is 0 Å². The predicted molar refractivity (Wildman–Crippen MR) is 25.7 cm³/mol. The van der Waals surface area contributed by atoms with Gasteiger partial charge in [0, 0.05) is 0 Å². The monoisotopic (exact) mass is 104 g/mol. The summed E-state index contributed by atoms with van der Waals surface area (Å²) in [6.45, 7) is 0. The maximum atomic E-state index is 9.80. The van der Waals surface area contributed by atoms with E-state index in [1.165, 1.54) is 7.11 Å². The fourth-order valence-corrected chi connectivity index (χ4v) is 0.144. The fourth-order valence-electron chi connectivity index (χ4n) is 0.0481. The molecule has 3 heteroatoms. The molecule has 34 valence electrons. The molecule has 0 aliphatic rings. The summed E-state index contributed by atoms with van der Waals surface area (Å²) >= 11 is 4.17. The topological polar surface area (TPSA) is 26.3 Å². The Bertz CT molecular complexity index is 69.2. The molecule has 0 rings (SSSR count). The summed E-state index contributed by atoms with van der Waals surface area (Å²) in [7, 11) is 1.28. The van der Waals surface area contributed by atoms with E-state index in [0.717, 1.165) is 5.37 Å². The van der Waals surface area contributed by atoms with Crippen molar-refractivity contribution in [3.63, 3.8) is 0 Å². The van der Waals surface area contributed by atoms with Gasteiger partial charge in [0.15, 0.2) is 0 Å². The van der Waals surface area contributed by atoms with Crippen LogP contribution >= 0.6 is 12.2 Å². The van der Waals surface area contributed by atoms with E-state index in [-0.39, 0.29) is 0 Å². The van der Waals surface area contributed by atoms with E-state index in [4.69, 9.17) is 0 Å². The molecule has 0 spiro atoms. The third-order valence-corrected chi connectivity index (χ3v) is 0.490. The molecule has 0 aliphatic heterocycles. The molecule has 0 aromatic carbocycles. The van der Waals surface area contributed by atoms with Gasteiger partial charge in [0.05, 0.1) is 12.5 Å². The summed E-state index contributed by atoms with van der Waals surface area (Å²) in [5, 5.41) is 0.944. The van der Waals surface area contributed by atoms with Crippen LogP contribution in [0.3, 0.4) is 0 Å². The second-order valence-electron chi connectivity index (χ2n) is 0.641. The second kappa shape index (κ2) is 2.78. The van der Waals surface area contributed by atoms with Gasteiger partial charge in [0.1, 0.15) is 0 Å². The summed E-state index contributed by atoms with van der Waals surface area (Å²) in [4.78, 5) is 9.80. The van der Waals surface area contributed by atoms with Crippen LogP contribution in [0.2, 0.25) is 0 Å². The number of carbonyl (C=O) groups excluding carboxylic acids is 1. The number of rotatable bonds is 1. The molecule has 0 radical (unpaired) electrons. The number of hydrogen-bond donors (Lipinski definition) is 0. The first-order valence-electron chi connectivity index (χ1n) is 1.34.